The minimum Gasteiger partial charge on any atom is -0.491 e. The zero-order valence-electron chi connectivity index (χ0n) is 26.9. The first-order valence-corrected chi connectivity index (χ1v) is 15.5. The Morgan fingerprint density at radius 1 is 0.889 bits per heavy atom. The molecule has 1 aliphatic carbocycles. The highest BCUT2D eigenvalue weighted by molar-refractivity contribution is 5.86. The standard InChI is InChI=1S/C21H21N.C17H27NO4.ClH/c1-22(16-8-11-18-9-3-2-4-10-18)17-20-14-7-13-19-12-5-6-15-21(19)20;1-17(2,3)18-9-12(19)10-22-16-6-4-5-11-7-14(20)15(21)8-13(11)16;/h2-15H,16-17H2,1H3;4-6,12,14-15,18-21H,7-10H2,1-3H3;1H/b11-8+;;/t;12?,14-,15+;/m.1./s1. The van der Waals surface area contributed by atoms with Gasteiger partial charge in [0.05, 0.1) is 12.2 Å². The summed E-state index contributed by atoms with van der Waals surface area (Å²) in [6.07, 6.45) is 3.13. The third-order valence-electron chi connectivity index (χ3n) is 7.66. The summed E-state index contributed by atoms with van der Waals surface area (Å²) in [7, 11) is 2.16. The van der Waals surface area contributed by atoms with Crippen LogP contribution in [0.4, 0.5) is 0 Å². The number of rotatable bonds is 10. The van der Waals surface area contributed by atoms with Crippen LogP contribution in [0.3, 0.4) is 0 Å². The van der Waals surface area contributed by atoms with E-state index in [4.69, 9.17) is 4.74 Å². The van der Waals surface area contributed by atoms with Gasteiger partial charge in [-0.1, -0.05) is 97.1 Å². The van der Waals surface area contributed by atoms with Crippen molar-refractivity contribution in [1.82, 2.24) is 10.2 Å². The van der Waals surface area contributed by atoms with Crippen molar-refractivity contribution in [2.45, 2.75) is 64.0 Å². The zero-order chi connectivity index (χ0) is 31.5. The van der Waals surface area contributed by atoms with Gasteiger partial charge in [0.1, 0.15) is 18.5 Å². The van der Waals surface area contributed by atoms with E-state index in [-0.39, 0.29) is 24.6 Å². The third kappa shape index (κ3) is 11.6. The molecule has 4 aromatic carbocycles. The van der Waals surface area contributed by atoms with E-state index >= 15 is 0 Å². The molecule has 0 spiro atoms. The first-order valence-electron chi connectivity index (χ1n) is 15.5. The molecule has 0 aromatic heterocycles. The molecular weight excluding hydrogens is 584 g/mol. The lowest BCUT2D eigenvalue weighted by atomic mass is 9.87. The average molecular weight is 633 g/mol. The number of halogens is 1. The van der Waals surface area contributed by atoms with Gasteiger partial charge in [0, 0.05) is 43.6 Å². The van der Waals surface area contributed by atoms with E-state index in [9.17, 15) is 15.3 Å². The number of likely N-dealkylation sites (N-methyl/N-ethyl adjacent to an activating group) is 1. The van der Waals surface area contributed by atoms with Crippen molar-refractivity contribution in [2.24, 2.45) is 0 Å². The number of nitrogens with one attached hydrogen (secondary N) is 1. The summed E-state index contributed by atoms with van der Waals surface area (Å²) >= 11 is 0. The molecule has 45 heavy (non-hydrogen) atoms. The highest BCUT2D eigenvalue weighted by Crippen LogP contribution is 2.30. The summed E-state index contributed by atoms with van der Waals surface area (Å²) in [5, 5.41) is 35.5. The van der Waals surface area contributed by atoms with Crippen molar-refractivity contribution in [3.05, 3.63) is 119 Å². The Labute approximate surface area is 274 Å². The number of nitrogens with zero attached hydrogens (tertiary/aromatic N) is 1. The van der Waals surface area contributed by atoms with Gasteiger partial charge in [-0.25, -0.2) is 0 Å². The van der Waals surface area contributed by atoms with Crippen LogP contribution < -0.4 is 10.1 Å². The van der Waals surface area contributed by atoms with E-state index < -0.39 is 18.3 Å². The molecule has 6 nitrogen and oxygen atoms in total. The normalized spacial score (nSPS) is 16.9. The molecule has 1 aliphatic rings. The van der Waals surface area contributed by atoms with Gasteiger partial charge in [-0.2, -0.15) is 0 Å². The molecule has 242 valence electrons. The Bertz CT molecular complexity index is 1480. The Balaban J connectivity index is 0.000000240. The minimum atomic E-state index is -0.760. The minimum absolute atomic E-state index is 0. The average Bonchev–Trinajstić information content (AvgIpc) is 3.00. The molecule has 4 N–H and O–H groups in total. The van der Waals surface area contributed by atoms with Gasteiger partial charge < -0.3 is 25.4 Å². The van der Waals surface area contributed by atoms with Crippen LogP contribution in [-0.2, 0) is 19.4 Å². The van der Waals surface area contributed by atoms with Gasteiger partial charge in [-0.15, -0.1) is 12.4 Å². The number of benzene rings is 4. The quantitative estimate of drug-likeness (QED) is 0.171. The lowest BCUT2D eigenvalue weighted by molar-refractivity contribution is 0.0132. The van der Waals surface area contributed by atoms with Crippen LogP contribution in [0.2, 0.25) is 0 Å². The molecule has 0 saturated heterocycles. The number of fused-ring (bicyclic) bond motifs is 2. The second-order valence-electron chi connectivity index (χ2n) is 12.7. The smallest absolute Gasteiger partial charge is 0.123 e. The Kier molecular flexibility index (Phi) is 14.1. The number of hydrogen-bond acceptors (Lipinski definition) is 6. The van der Waals surface area contributed by atoms with E-state index in [2.05, 4.69) is 96.1 Å². The molecular formula is C38H49ClN2O4. The SMILES string of the molecule is CC(C)(C)NCC(O)COc1cccc2c1C[C@H](O)[C@H](O)C2.CN(C/C=C/c1ccccc1)Cc1cccc2ccccc12.Cl. The number of aliphatic hydroxyl groups excluding tert-OH is 3. The van der Waals surface area contributed by atoms with Crippen LogP contribution >= 0.6 is 12.4 Å². The number of ether oxygens (including phenoxy) is 1. The second-order valence-corrected chi connectivity index (χ2v) is 12.7. The Morgan fingerprint density at radius 2 is 1.56 bits per heavy atom. The summed E-state index contributed by atoms with van der Waals surface area (Å²) in [5.41, 5.74) is 4.51. The molecule has 0 saturated carbocycles. The predicted molar refractivity (Wildman–Crippen MR) is 188 cm³/mol. The van der Waals surface area contributed by atoms with Crippen LogP contribution in [0.1, 0.15) is 43.0 Å². The van der Waals surface area contributed by atoms with Crippen LogP contribution in [0.5, 0.6) is 5.75 Å². The summed E-state index contributed by atoms with van der Waals surface area (Å²) in [6, 6.07) is 31.2. The fourth-order valence-electron chi connectivity index (χ4n) is 5.26. The Morgan fingerprint density at radius 3 is 2.31 bits per heavy atom. The summed E-state index contributed by atoms with van der Waals surface area (Å²) < 4.78 is 5.73. The van der Waals surface area contributed by atoms with Crippen molar-refractivity contribution < 1.29 is 20.1 Å². The maximum atomic E-state index is 10.00. The lowest BCUT2D eigenvalue weighted by Gasteiger charge is -2.28. The first-order chi connectivity index (χ1) is 21.1. The number of aliphatic hydroxyl groups is 3. The second kappa shape index (κ2) is 17.5. The van der Waals surface area contributed by atoms with Crippen molar-refractivity contribution in [3.8, 4) is 5.75 Å². The molecule has 1 unspecified atom stereocenters. The van der Waals surface area contributed by atoms with Crippen LogP contribution in [0.25, 0.3) is 16.8 Å². The molecule has 5 rings (SSSR count). The number of hydrogen-bond donors (Lipinski definition) is 4. The Hall–Kier alpha value is -3.23. The molecule has 7 heteroatoms. The molecule has 4 aromatic rings. The largest absolute Gasteiger partial charge is 0.491 e. The summed E-state index contributed by atoms with van der Waals surface area (Å²) in [6.45, 7) is 8.68. The van der Waals surface area contributed by atoms with E-state index in [1.54, 1.807) is 0 Å². The molecule has 0 aliphatic heterocycles. The van der Waals surface area contributed by atoms with Gasteiger partial charge in [0.15, 0.2) is 0 Å². The van der Waals surface area contributed by atoms with Crippen molar-refractivity contribution >= 4 is 29.3 Å². The monoisotopic (exact) mass is 632 g/mol. The molecule has 0 amide bonds. The maximum Gasteiger partial charge on any atom is 0.123 e. The van der Waals surface area contributed by atoms with Crippen molar-refractivity contribution in [1.29, 1.82) is 0 Å². The summed E-state index contributed by atoms with van der Waals surface area (Å²) in [4.78, 5) is 2.33. The van der Waals surface area contributed by atoms with Gasteiger partial charge in [-0.3, -0.25) is 4.90 Å². The van der Waals surface area contributed by atoms with Crippen LogP contribution in [0.15, 0.2) is 97.1 Å². The highest BCUT2D eigenvalue weighted by Gasteiger charge is 2.27. The first kappa shape index (κ1) is 36.2. The zero-order valence-corrected chi connectivity index (χ0v) is 27.7. The van der Waals surface area contributed by atoms with E-state index in [0.29, 0.717) is 25.1 Å². The van der Waals surface area contributed by atoms with Crippen LogP contribution in [-0.4, -0.2) is 70.8 Å². The highest BCUT2D eigenvalue weighted by atomic mass is 35.5. The van der Waals surface area contributed by atoms with Gasteiger partial charge >= 0.3 is 0 Å². The number of β-amino-alcohol motifs (C(OH)–C–C–N with tert-alkyl or cyclic N) is 1. The van der Waals surface area contributed by atoms with Crippen LogP contribution in [0, 0.1) is 0 Å². The predicted octanol–water partition coefficient (Wildman–Crippen LogP) is 6.04. The van der Waals surface area contributed by atoms with E-state index in [0.717, 1.165) is 24.2 Å². The fourth-order valence-corrected chi connectivity index (χ4v) is 5.26. The molecule has 0 fully saturated rings. The lowest BCUT2D eigenvalue weighted by Crippen LogP contribution is -2.42. The fraction of sp³-hybridized carbons (Fsp3) is 0.368. The maximum absolute atomic E-state index is 10.00. The third-order valence-corrected chi connectivity index (χ3v) is 7.66. The molecule has 0 bridgehead atoms. The topological polar surface area (TPSA) is 85.2 Å². The van der Waals surface area contributed by atoms with Gasteiger partial charge in [-0.05, 0) is 61.3 Å². The summed E-state index contributed by atoms with van der Waals surface area (Å²) in [5.74, 6) is 0.679. The molecule has 3 atom stereocenters. The van der Waals surface area contributed by atoms with Crippen molar-refractivity contribution in [2.75, 3.05) is 26.7 Å². The van der Waals surface area contributed by atoms with E-state index in [1.807, 2.05) is 45.0 Å². The van der Waals surface area contributed by atoms with E-state index in [1.165, 1.54) is 21.9 Å². The molecule has 0 radical (unpaired) electrons. The van der Waals surface area contributed by atoms with Gasteiger partial charge in [0.25, 0.3) is 0 Å². The molecule has 0 heterocycles. The van der Waals surface area contributed by atoms with Crippen molar-refractivity contribution in [3.63, 3.8) is 0 Å². The van der Waals surface area contributed by atoms with Gasteiger partial charge in [0.2, 0.25) is 0 Å².